The molecular weight excluding hydrogens is 593 g/mol. The second-order valence-corrected chi connectivity index (χ2v) is 10.1. The van der Waals surface area contributed by atoms with Gasteiger partial charge in [-0.2, -0.15) is 0 Å². The topological polar surface area (TPSA) is 97.3 Å². The number of halogens is 4. The van der Waals surface area contributed by atoms with Gasteiger partial charge < -0.3 is 29.5 Å². The van der Waals surface area contributed by atoms with Gasteiger partial charge in [0.2, 0.25) is 0 Å². The number of ether oxygens (including phenoxy) is 3. The van der Waals surface area contributed by atoms with E-state index in [0.29, 0.717) is 60.2 Å². The van der Waals surface area contributed by atoms with Crippen molar-refractivity contribution < 1.29 is 37.7 Å². The van der Waals surface area contributed by atoms with Gasteiger partial charge in [0.1, 0.15) is 29.7 Å². The van der Waals surface area contributed by atoms with Crippen molar-refractivity contribution in [1.29, 1.82) is 0 Å². The first-order valence-electron chi connectivity index (χ1n) is 13.3. The zero-order valence-corrected chi connectivity index (χ0v) is 24.5. The number of hydrogen-bond acceptors (Lipinski definition) is 5. The molecule has 226 valence electrons. The van der Waals surface area contributed by atoms with Gasteiger partial charge in [0, 0.05) is 35.7 Å². The number of hydrogen-bond donors (Lipinski definition) is 2. The van der Waals surface area contributed by atoms with Crippen LogP contribution in [0, 0.1) is 11.6 Å². The molecule has 0 spiro atoms. The first-order chi connectivity index (χ1) is 20.1. The molecule has 2 amide bonds. The monoisotopic (exact) mass is 624 g/mol. The minimum atomic E-state index is -1.03. The second-order valence-electron chi connectivity index (χ2n) is 9.18. The lowest BCUT2D eigenvalue weighted by Gasteiger charge is -2.23. The van der Waals surface area contributed by atoms with Crippen LogP contribution in [0.1, 0.15) is 25.3 Å². The minimum Gasteiger partial charge on any atom is -0.493 e. The Bertz CT molecular complexity index is 1310. The fourth-order valence-corrected chi connectivity index (χ4v) is 4.44. The maximum atomic E-state index is 14.1. The van der Waals surface area contributed by atoms with Gasteiger partial charge in [-0.05, 0) is 67.8 Å². The molecule has 2 N–H and O–H groups in total. The largest absolute Gasteiger partial charge is 0.493 e. The molecule has 3 aromatic carbocycles. The van der Waals surface area contributed by atoms with Gasteiger partial charge in [0.25, 0.3) is 0 Å². The number of carboxylic acids is 1. The number of amides is 2. The molecule has 0 aliphatic heterocycles. The minimum absolute atomic E-state index is 0.132. The Balaban J connectivity index is 1.55. The van der Waals surface area contributed by atoms with Crippen LogP contribution in [0.15, 0.2) is 60.7 Å². The Morgan fingerprint density at radius 1 is 0.905 bits per heavy atom. The molecule has 0 radical (unpaired) electrons. The summed E-state index contributed by atoms with van der Waals surface area (Å²) < 4.78 is 44.2. The molecule has 1 atom stereocenters. The van der Waals surface area contributed by atoms with E-state index in [9.17, 15) is 23.5 Å². The number of anilines is 1. The molecule has 3 rings (SSSR count). The molecule has 42 heavy (non-hydrogen) atoms. The lowest BCUT2D eigenvalue weighted by molar-refractivity contribution is -0.149. The molecular formula is C30H32Cl2F2N2O6. The molecule has 1 unspecified atom stereocenters. The van der Waals surface area contributed by atoms with Crippen LogP contribution in [0.2, 0.25) is 10.0 Å². The number of urea groups is 1. The Morgan fingerprint density at radius 2 is 1.60 bits per heavy atom. The highest BCUT2D eigenvalue weighted by Gasteiger charge is 2.18. The average molecular weight is 625 g/mol. The smallest absolute Gasteiger partial charge is 0.333 e. The van der Waals surface area contributed by atoms with Gasteiger partial charge >= 0.3 is 12.0 Å². The van der Waals surface area contributed by atoms with Crippen LogP contribution in [-0.4, -0.2) is 61.0 Å². The summed E-state index contributed by atoms with van der Waals surface area (Å²) in [4.78, 5) is 25.8. The Hall–Kier alpha value is -3.60. The summed E-state index contributed by atoms with van der Waals surface area (Å²) >= 11 is 12.0. The van der Waals surface area contributed by atoms with E-state index in [4.69, 9.17) is 37.4 Å². The molecule has 0 aliphatic carbocycles. The number of rotatable bonds is 16. The fourth-order valence-electron chi connectivity index (χ4n) is 3.93. The predicted octanol–water partition coefficient (Wildman–Crippen LogP) is 7.08. The maximum absolute atomic E-state index is 14.1. The molecule has 0 fully saturated rings. The van der Waals surface area contributed by atoms with Crippen LogP contribution < -0.4 is 14.8 Å². The Labute approximate surface area is 253 Å². The molecule has 0 heterocycles. The Kier molecular flexibility index (Phi) is 13.1. The summed E-state index contributed by atoms with van der Waals surface area (Å²) in [6.07, 6.45) is 0.437. The van der Waals surface area contributed by atoms with E-state index in [1.165, 1.54) is 4.90 Å². The molecule has 12 heteroatoms. The van der Waals surface area contributed by atoms with Crippen molar-refractivity contribution in [3.05, 3.63) is 87.9 Å². The van der Waals surface area contributed by atoms with E-state index in [-0.39, 0.29) is 25.3 Å². The van der Waals surface area contributed by atoms with Crippen LogP contribution >= 0.6 is 23.2 Å². The molecule has 3 aromatic rings. The van der Waals surface area contributed by atoms with Crippen LogP contribution in [-0.2, 0) is 16.0 Å². The second kappa shape index (κ2) is 16.7. The fraction of sp³-hybridized carbons (Fsp3) is 0.333. The van der Waals surface area contributed by atoms with Crippen molar-refractivity contribution in [2.24, 2.45) is 0 Å². The van der Waals surface area contributed by atoms with Gasteiger partial charge in [-0.15, -0.1) is 0 Å². The lowest BCUT2D eigenvalue weighted by Crippen LogP contribution is -2.39. The highest BCUT2D eigenvalue weighted by molar-refractivity contribution is 6.34. The number of aliphatic carboxylic acids is 1. The summed E-state index contributed by atoms with van der Waals surface area (Å²) in [5, 5.41) is 12.7. The number of nitrogens with one attached hydrogen (secondary N) is 1. The number of carboxylic acid groups (broad SMARTS) is 1. The average Bonchev–Trinajstić information content (AvgIpc) is 2.93. The SMILES string of the molecule is CCOC(Cc1ccc(OCCN(CCCCOc2cc(Cl)cc(Cl)c2)C(=O)Nc2ccc(F)cc2F)cc1)C(=O)O. The van der Waals surface area contributed by atoms with Gasteiger partial charge in [-0.3, -0.25) is 0 Å². The summed E-state index contributed by atoms with van der Waals surface area (Å²) in [5.74, 6) is -1.61. The number of carbonyl (C=O) groups excluding carboxylic acids is 1. The zero-order chi connectivity index (χ0) is 30.5. The zero-order valence-electron chi connectivity index (χ0n) is 23.0. The summed E-state index contributed by atoms with van der Waals surface area (Å²) in [6, 6.07) is 14.1. The highest BCUT2D eigenvalue weighted by Crippen LogP contribution is 2.24. The predicted molar refractivity (Wildman–Crippen MR) is 157 cm³/mol. The number of unbranched alkanes of at least 4 members (excludes halogenated alkanes) is 1. The summed E-state index contributed by atoms with van der Waals surface area (Å²) in [7, 11) is 0. The number of benzene rings is 3. The number of carbonyl (C=O) groups is 2. The van der Waals surface area contributed by atoms with E-state index >= 15 is 0 Å². The van der Waals surface area contributed by atoms with E-state index in [1.807, 2.05) is 0 Å². The third kappa shape index (κ3) is 11.0. The third-order valence-electron chi connectivity index (χ3n) is 6.00. The molecule has 0 aromatic heterocycles. The normalized spacial score (nSPS) is 11.5. The summed E-state index contributed by atoms with van der Waals surface area (Å²) in [5.41, 5.74) is 0.628. The van der Waals surface area contributed by atoms with Gasteiger partial charge in [-0.25, -0.2) is 18.4 Å². The van der Waals surface area contributed by atoms with E-state index in [1.54, 1.807) is 49.4 Å². The molecule has 8 nitrogen and oxygen atoms in total. The number of nitrogens with zero attached hydrogens (tertiary/aromatic N) is 1. The van der Waals surface area contributed by atoms with Crippen molar-refractivity contribution in [3.8, 4) is 11.5 Å². The standard InChI is InChI=1S/C30H32Cl2F2N2O6/c1-2-40-28(29(37)38)15-20-5-8-24(9-6-20)42-14-12-36(30(39)35-27-10-7-23(33)19-26(27)34)11-3-4-13-41-25-17-21(31)16-22(32)18-25/h5-10,16-19,28H,2-4,11-15H2,1H3,(H,35,39)(H,37,38). The van der Waals surface area contributed by atoms with Crippen molar-refractivity contribution in [1.82, 2.24) is 4.90 Å². The molecule has 0 saturated heterocycles. The van der Waals surface area contributed by atoms with Crippen molar-refractivity contribution >= 4 is 40.9 Å². The van der Waals surface area contributed by atoms with Crippen LogP contribution in [0.3, 0.4) is 0 Å². The van der Waals surface area contributed by atoms with Gasteiger partial charge in [0.15, 0.2) is 6.10 Å². The molecule has 0 aliphatic rings. The quantitative estimate of drug-likeness (QED) is 0.165. The van der Waals surface area contributed by atoms with Crippen molar-refractivity contribution in [2.75, 3.05) is 38.2 Å². The first-order valence-corrected chi connectivity index (χ1v) is 14.1. The van der Waals surface area contributed by atoms with Crippen LogP contribution in [0.4, 0.5) is 19.3 Å². The van der Waals surface area contributed by atoms with E-state index in [0.717, 1.165) is 17.7 Å². The van der Waals surface area contributed by atoms with Gasteiger partial charge in [0.05, 0.1) is 18.8 Å². The lowest BCUT2D eigenvalue weighted by atomic mass is 10.1. The van der Waals surface area contributed by atoms with E-state index < -0.39 is 29.7 Å². The third-order valence-corrected chi connectivity index (χ3v) is 6.44. The van der Waals surface area contributed by atoms with Crippen molar-refractivity contribution in [2.45, 2.75) is 32.3 Å². The Morgan fingerprint density at radius 3 is 2.24 bits per heavy atom. The summed E-state index contributed by atoms with van der Waals surface area (Å²) in [6.45, 7) is 3.00. The molecule has 0 bridgehead atoms. The van der Waals surface area contributed by atoms with Crippen LogP contribution in [0.5, 0.6) is 11.5 Å². The molecule has 0 saturated carbocycles. The highest BCUT2D eigenvalue weighted by atomic mass is 35.5. The first kappa shape index (κ1) is 32.9. The van der Waals surface area contributed by atoms with Crippen LogP contribution in [0.25, 0.3) is 0 Å². The van der Waals surface area contributed by atoms with Crippen molar-refractivity contribution in [3.63, 3.8) is 0 Å². The van der Waals surface area contributed by atoms with E-state index in [2.05, 4.69) is 5.32 Å². The maximum Gasteiger partial charge on any atom is 0.333 e. The van der Waals surface area contributed by atoms with Gasteiger partial charge in [-0.1, -0.05) is 35.3 Å².